The van der Waals surface area contributed by atoms with Gasteiger partial charge in [0.2, 0.25) is 0 Å². The second-order valence-electron chi connectivity index (χ2n) is 4.32. The number of rotatable bonds is 7. The van der Waals surface area contributed by atoms with Crippen LogP contribution in [-0.4, -0.2) is 42.0 Å². The van der Waals surface area contributed by atoms with Gasteiger partial charge in [-0.05, 0) is 20.3 Å². The Labute approximate surface area is 107 Å². The first-order chi connectivity index (χ1) is 8.11. The number of esters is 1. The van der Waals surface area contributed by atoms with Crippen LogP contribution in [0, 0.1) is 5.92 Å². The van der Waals surface area contributed by atoms with Gasteiger partial charge in [-0.25, -0.2) is 4.79 Å². The molecule has 0 aliphatic heterocycles. The Morgan fingerprint density at radius 2 is 1.89 bits per heavy atom. The number of aliphatic hydroxyl groups excluding tert-OH is 1. The smallest absolute Gasteiger partial charge is 0.333 e. The van der Waals surface area contributed by atoms with Gasteiger partial charge in [0.1, 0.15) is 6.10 Å². The molecule has 0 aromatic carbocycles. The van der Waals surface area contributed by atoms with Gasteiger partial charge in [-0.15, -0.1) is 0 Å². The van der Waals surface area contributed by atoms with Crippen molar-refractivity contribution in [1.29, 1.82) is 0 Å². The van der Waals surface area contributed by atoms with Crippen LogP contribution < -0.4 is 0 Å². The van der Waals surface area contributed by atoms with Crippen molar-refractivity contribution in [2.75, 3.05) is 6.61 Å². The molecule has 0 aromatic heterocycles. The van der Waals surface area contributed by atoms with Crippen LogP contribution in [0.5, 0.6) is 0 Å². The lowest BCUT2D eigenvalue weighted by atomic mass is 9.99. The first-order valence-electron chi connectivity index (χ1n) is 5.54. The molecule has 3 unspecified atom stereocenters. The first kappa shape index (κ1) is 17.1. The van der Waals surface area contributed by atoms with Crippen LogP contribution in [0.1, 0.15) is 27.2 Å². The summed E-state index contributed by atoms with van der Waals surface area (Å²) in [6.07, 6.45) is -0.831. The van der Waals surface area contributed by atoms with Crippen LogP contribution in [0.2, 0.25) is 0 Å². The van der Waals surface area contributed by atoms with Crippen LogP contribution in [0.25, 0.3) is 0 Å². The standard InChI is InChI=1S/C11H20O6S/c1-7(2)11(13)17-9(4)8(3)10(5-6-12)18(14,15)16/h8-10,12H,1,5-6H2,2-4H3,(H,14,15,16). The Bertz CT molecular complexity index is 400. The molecule has 3 atom stereocenters. The van der Waals surface area contributed by atoms with Gasteiger partial charge in [0.15, 0.2) is 0 Å². The summed E-state index contributed by atoms with van der Waals surface area (Å²) in [6, 6.07) is 0. The van der Waals surface area contributed by atoms with E-state index in [2.05, 4.69) is 6.58 Å². The fraction of sp³-hybridized carbons (Fsp3) is 0.727. The van der Waals surface area contributed by atoms with Gasteiger partial charge in [-0.3, -0.25) is 4.55 Å². The van der Waals surface area contributed by atoms with Crippen LogP contribution in [0.15, 0.2) is 12.2 Å². The monoisotopic (exact) mass is 280 g/mol. The number of ether oxygens (including phenoxy) is 1. The van der Waals surface area contributed by atoms with Gasteiger partial charge >= 0.3 is 5.97 Å². The molecular formula is C11H20O6S. The van der Waals surface area contributed by atoms with E-state index >= 15 is 0 Å². The van der Waals surface area contributed by atoms with E-state index in [0.29, 0.717) is 0 Å². The molecule has 2 N–H and O–H groups in total. The van der Waals surface area contributed by atoms with Crippen molar-refractivity contribution in [2.45, 2.75) is 38.5 Å². The van der Waals surface area contributed by atoms with Crippen molar-refractivity contribution in [3.05, 3.63) is 12.2 Å². The van der Waals surface area contributed by atoms with Crippen LogP contribution in [-0.2, 0) is 19.6 Å². The van der Waals surface area contributed by atoms with Crippen molar-refractivity contribution in [1.82, 2.24) is 0 Å². The predicted molar refractivity (Wildman–Crippen MR) is 66.6 cm³/mol. The van der Waals surface area contributed by atoms with Gasteiger partial charge in [-0.1, -0.05) is 13.5 Å². The SMILES string of the molecule is C=C(C)C(=O)OC(C)C(C)C(CCO)S(=O)(=O)O. The van der Waals surface area contributed by atoms with Gasteiger partial charge in [0.05, 0.1) is 5.25 Å². The number of hydrogen-bond donors (Lipinski definition) is 2. The lowest BCUT2D eigenvalue weighted by molar-refractivity contribution is -0.145. The number of carbonyl (C=O) groups excluding carboxylic acids is 1. The largest absolute Gasteiger partial charge is 0.459 e. The lowest BCUT2D eigenvalue weighted by Gasteiger charge is -2.26. The molecule has 0 saturated carbocycles. The molecule has 0 bridgehead atoms. The Hall–Kier alpha value is -0.920. The van der Waals surface area contributed by atoms with Crippen LogP contribution in [0.4, 0.5) is 0 Å². The minimum atomic E-state index is -4.30. The summed E-state index contributed by atoms with van der Waals surface area (Å²) in [6.45, 7) is 7.58. The highest BCUT2D eigenvalue weighted by atomic mass is 32.2. The summed E-state index contributed by atoms with van der Waals surface area (Å²) >= 11 is 0. The Kier molecular flexibility index (Phi) is 6.51. The molecule has 0 fully saturated rings. The molecule has 0 aliphatic rings. The van der Waals surface area contributed by atoms with Gasteiger partial charge < -0.3 is 9.84 Å². The first-order valence-corrected chi connectivity index (χ1v) is 7.05. The van der Waals surface area contributed by atoms with Crippen molar-refractivity contribution in [3.8, 4) is 0 Å². The molecule has 0 rings (SSSR count). The third kappa shape index (κ3) is 5.16. The Morgan fingerprint density at radius 3 is 2.22 bits per heavy atom. The summed E-state index contributed by atoms with van der Waals surface area (Å²) in [5.41, 5.74) is 0.208. The minimum Gasteiger partial charge on any atom is -0.459 e. The van der Waals surface area contributed by atoms with Crippen LogP contribution >= 0.6 is 0 Å². The van der Waals surface area contributed by atoms with E-state index in [-0.39, 0.29) is 18.6 Å². The summed E-state index contributed by atoms with van der Waals surface area (Å²) in [7, 11) is -4.30. The van der Waals surface area contributed by atoms with Crippen molar-refractivity contribution in [2.24, 2.45) is 5.92 Å². The summed E-state index contributed by atoms with van der Waals surface area (Å²) in [4.78, 5) is 11.3. The zero-order chi connectivity index (χ0) is 14.5. The Morgan fingerprint density at radius 1 is 1.39 bits per heavy atom. The van der Waals surface area contributed by atoms with E-state index < -0.39 is 33.4 Å². The number of carbonyl (C=O) groups is 1. The molecule has 6 nitrogen and oxygen atoms in total. The quantitative estimate of drug-likeness (QED) is 0.406. The molecule has 0 radical (unpaired) electrons. The topological polar surface area (TPSA) is 101 Å². The lowest BCUT2D eigenvalue weighted by Crippen LogP contribution is -2.37. The van der Waals surface area contributed by atoms with Crippen molar-refractivity contribution < 1.29 is 27.6 Å². The van der Waals surface area contributed by atoms with E-state index in [0.717, 1.165) is 0 Å². The summed E-state index contributed by atoms with van der Waals surface area (Å²) in [5, 5.41) is 7.63. The molecule has 0 saturated heterocycles. The molecule has 0 aromatic rings. The highest BCUT2D eigenvalue weighted by Crippen LogP contribution is 2.21. The fourth-order valence-corrected chi connectivity index (χ4v) is 2.66. The molecule has 0 spiro atoms. The zero-order valence-corrected chi connectivity index (χ0v) is 11.6. The van der Waals surface area contributed by atoms with Gasteiger partial charge in [-0.2, -0.15) is 8.42 Å². The maximum absolute atomic E-state index is 11.3. The molecule has 0 heterocycles. The summed E-state index contributed by atoms with van der Waals surface area (Å²) < 4.78 is 36.4. The molecular weight excluding hydrogens is 260 g/mol. The highest BCUT2D eigenvalue weighted by Gasteiger charge is 2.33. The number of aliphatic hydroxyl groups is 1. The fourth-order valence-electron chi connectivity index (χ4n) is 1.49. The molecule has 0 amide bonds. The van der Waals surface area contributed by atoms with E-state index in [1.54, 1.807) is 0 Å². The average molecular weight is 280 g/mol. The van der Waals surface area contributed by atoms with E-state index in [9.17, 15) is 13.2 Å². The zero-order valence-electron chi connectivity index (χ0n) is 10.8. The predicted octanol–water partition coefficient (Wildman–Crippen LogP) is 0.769. The maximum atomic E-state index is 11.3. The highest BCUT2D eigenvalue weighted by molar-refractivity contribution is 7.86. The van der Waals surface area contributed by atoms with E-state index in [4.69, 9.17) is 14.4 Å². The van der Waals surface area contributed by atoms with E-state index in [1.807, 2.05) is 0 Å². The third-order valence-corrected chi connectivity index (χ3v) is 4.19. The summed E-state index contributed by atoms with van der Waals surface area (Å²) in [5.74, 6) is -1.26. The maximum Gasteiger partial charge on any atom is 0.333 e. The van der Waals surface area contributed by atoms with Crippen molar-refractivity contribution >= 4 is 16.1 Å². The normalized spacial score (nSPS) is 16.7. The third-order valence-electron chi connectivity index (χ3n) is 2.76. The van der Waals surface area contributed by atoms with Crippen LogP contribution in [0.3, 0.4) is 0 Å². The molecule has 7 heteroatoms. The minimum absolute atomic E-state index is 0.116. The second-order valence-corrected chi connectivity index (χ2v) is 5.95. The second kappa shape index (κ2) is 6.86. The average Bonchev–Trinajstić information content (AvgIpc) is 2.22. The van der Waals surface area contributed by atoms with E-state index in [1.165, 1.54) is 20.8 Å². The van der Waals surface area contributed by atoms with Gasteiger partial charge in [0.25, 0.3) is 10.1 Å². The Balaban J connectivity index is 4.82. The molecule has 18 heavy (non-hydrogen) atoms. The van der Waals surface area contributed by atoms with Gasteiger partial charge in [0, 0.05) is 18.1 Å². The number of hydrogen-bond acceptors (Lipinski definition) is 5. The molecule has 0 aliphatic carbocycles. The van der Waals surface area contributed by atoms with Crippen molar-refractivity contribution in [3.63, 3.8) is 0 Å². The molecule has 106 valence electrons.